The van der Waals surface area contributed by atoms with Gasteiger partial charge in [0, 0.05) is 24.4 Å². The summed E-state index contributed by atoms with van der Waals surface area (Å²) in [5, 5.41) is 6.32. The second kappa shape index (κ2) is 8.59. The predicted octanol–water partition coefficient (Wildman–Crippen LogP) is 1.01. The first-order valence-electron chi connectivity index (χ1n) is 10.3. The van der Waals surface area contributed by atoms with Gasteiger partial charge in [-0.25, -0.2) is 0 Å². The molecule has 3 aromatic rings. The Morgan fingerprint density at radius 3 is 2.23 bits per heavy atom. The average molecular weight is 420 g/mol. The molecule has 31 heavy (non-hydrogen) atoms. The summed E-state index contributed by atoms with van der Waals surface area (Å²) >= 11 is 0. The zero-order valence-electron chi connectivity index (χ0n) is 17.3. The number of pyridine rings is 1. The maximum Gasteiger partial charge on any atom is 0.242 e. The van der Waals surface area contributed by atoms with Crippen LogP contribution in [0.1, 0.15) is 12.8 Å². The quantitative estimate of drug-likeness (QED) is 0.602. The standard InChI is InChI=1S/C23H24N4O4/c1-24-23(31)19-11-6-12-26(19)21(29)13-25-20(28)14-27-17-9-4-2-7-15(17)22(30)16-8-3-5-10-18(16)27/h2-5,7-10,19H,6,11-14H2,1H3,(H,24,31)(H,25,28). The first-order chi connectivity index (χ1) is 15.0. The third-order valence-electron chi connectivity index (χ3n) is 5.74. The fourth-order valence-corrected chi connectivity index (χ4v) is 4.23. The van der Waals surface area contributed by atoms with E-state index in [1.54, 1.807) is 48.0 Å². The van der Waals surface area contributed by atoms with Crippen LogP contribution in [0.4, 0.5) is 0 Å². The van der Waals surface area contributed by atoms with Gasteiger partial charge in [-0.2, -0.15) is 0 Å². The second-order valence-corrected chi connectivity index (χ2v) is 7.59. The Morgan fingerprint density at radius 1 is 1.00 bits per heavy atom. The number of aromatic nitrogens is 1. The number of nitrogens with zero attached hydrogens (tertiary/aromatic N) is 2. The molecule has 3 amide bonds. The molecule has 0 aliphatic carbocycles. The molecule has 1 aliphatic rings. The third-order valence-corrected chi connectivity index (χ3v) is 5.74. The van der Waals surface area contributed by atoms with E-state index in [0.717, 1.165) is 6.42 Å². The first-order valence-corrected chi connectivity index (χ1v) is 10.3. The fourth-order valence-electron chi connectivity index (χ4n) is 4.23. The Kier molecular flexibility index (Phi) is 5.70. The SMILES string of the molecule is CNC(=O)C1CCCN1C(=O)CNC(=O)Cn1c2ccccc2c(=O)c2ccccc21. The lowest BCUT2D eigenvalue weighted by Gasteiger charge is -2.23. The average Bonchev–Trinajstić information content (AvgIpc) is 3.30. The zero-order valence-corrected chi connectivity index (χ0v) is 17.3. The third kappa shape index (κ3) is 3.88. The van der Waals surface area contributed by atoms with E-state index in [9.17, 15) is 19.2 Å². The van der Waals surface area contributed by atoms with Crippen LogP contribution in [0, 0.1) is 0 Å². The van der Waals surface area contributed by atoms with Gasteiger partial charge >= 0.3 is 0 Å². The first kappa shape index (κ1) is 20.6. The lowest BCUT2D eigenvalue weighted by molar-refractivity contribution is -0.138. The van der Waals surface area contributed by atoms with Crippen molar-refractivity contribution < 1.29 is 14.4 Å². The minimum atomic E-state index is -0.485. The van der Waals surface area contributed by atoms with Gasteiger partial charge in [-0.1, -0.05) is 24.3 Å². The Bertz CT molecular complexity index is 1170. The summed E-state index contributed by atoms with van der Waals surface area (Å²) < 4.78 is 1.79. The molecule has 0 spiro atoms. The number of amides is 3. The van der Waals surface area contributed by atoms with Gasteiger partial charge in [-0.05, 0) is 37.1 Å². The van der Waals surface area contributed by atoms with E-state index < -0.39 is 6.04 Å². The van der Waals surface area contributed by atoms with Crippen LogP contribution in [0.15, 0.2) is 53.3 Å². The molecule has 0 radical (unpaired) electrons. The number of nitrogens with one attached hydrogen (secondary N) is 2. The van der Waals surface area contributed by atoms with Crippen LogP contribution >= 0.6 is 0 Å². The number of carbonyl (C=O) groups is 3. The van der Waals surface area contributed by atoms with Gasteiger partial charge in [0.25, 0.3) is 0 Å². The van der Waals surface area contributed by atoms with Crippen molar-refractivity contribution in [2.75, 3.05) is 20.1 Å². The Labute approximate surface area is 178 Å². The summed E-state index contributed by atoms with van der Waals surface area (Å²) in [6.07, 6.45) is 1.38. The lowest BCUT2D eigenvalue weighted by Crippen LogP contribution is -2.48. The molecule has 8 heteroatoms. The topological polar surface area (TPSA) is 101 Å². The van der Waals surface area contributed by atoms with Crippen molar-refractivity contribution in [2.24, 2.45) is 0 Å². The molecule has 0 saturated carbocycles. The largest absolute Gasteiger partial charge is 0.357 e. The molecular formula is C23H24N4O4. The number of likely N-dealkylation sites (tertiary alicyclic amines) is 1. The van der Waals surface area contributed by atoms with E-state index in [2.05, 4.69) is 10.6 Å². The highest BCUT2D eigenvalue weighted by atomic mass is 16.2. The molecule has 8 nitrogen and oxygen atoms in total. The van der Waals surface area contributed by atoms with Crippen LogP contribution in [0.5, 0.6) is 0 Å². The van der Waals surface area contributed by atoms with E-state index in [1.165, 1.54) is 4.90 Å². The van der Waals surface area contributed by atoms with E-state index in [0.29, 0.717) is 34.8 Å². The second-order valence-electron chi connectivity index (χ2n) is 7.59. The highest BCUT2D eigenvalue weighted by Crippen LogP contribution is 2.19. The van der Waals surface area contributed by atoms with Crippen LogP contribution in [0.2, 0.25) is 0 Å². The van der Waals surface area contributed by atoms with Gasteiger partial charge in [0.1, 0.15) is 12.6 Å². The van der Waals surface area contributed by atoms with Gasteiger partial charge < -0.3 is 20.1 Å². The van der Waals surface area contributed by atoms with Gasteiger partial charge in [0.2, 0.25) is 17.7 Å². The summed E-state index contributed by atoms with van der Waals surface area (Å²) in [4.78, 5) is 51.6. The van der Waals surface area contributed by atoms with Gasteiger partial charge in [-0.15, -0.1) is 0 Å². The number of hydrogen-bond acceptors (Lipinski definition) is 4. The van der Waals surface area contributed by atoms with Crippen molar-refractivity contribution in [3.05, 3.63) is 58.8 Å². The smallest absolute Gasteiger partial charge is 0.242 e. The molecule has 1 unspecified atom stereocenters. The van der Waals surface area contributed by atoms with Crippen molar-refractivity contribution in [3.8, 4) is 0 Å². The van der Waals surface area contributed by atoms with Crippen molar-refractivity contribution in [2.45, 2.75) is 25.4 Å². The number of likely N-dealkylation sites (N-methyl/N-ethyl adjacent to an activating group) is 1. The van der Waals surface area contributed by atoms with Crippen molar-refractivity contribution in [1.82, 2.24) is 20.1 Å². The molecule has 4 rings (SSSR count). The van der Waals surface area contributed by atoms with E-state index in [4.69, 9.17) is 0 Å². The molecule has 2 heterocycles. The maximum atomic E-state index is 12.8. The molecule has 0 bridgehead atoms. The molecule has 160 valence electrons. The molecule has 1 atom stereocenters. The van der Waals surface area contributed by atoms with Crippen molar-refractivity contribution >= 4 is 39.5 Å². The summed E-state index contributed by atoms with van der Waals surface area (Å²) in [6.45, 7) is 0.289. The number of carbonyl (C=O) groups excluding carboxylic acids is 3. The van der Waals surface area contributed by atoms with Crippen LogP contribution in [-0.4, -0.2) is 53.4 Å². The van der Waals surface area contributed by atoms with Gasteiger partial charge in [-0.3, -0.25) is 19.2 Å². The Hall–Kier alpha value is -3.68. The summed E-state index contributed by atoms with van der Waals surface area (Å²) in [6, 6.07) is 13.8. The zero-order chi connectivity index (χ0) is 22.0. The van der Waals surface area contributed by atoms with Gasteiger partial charge in [0.05, 0.1) is 17.6 Å². The molecule has 1 aromatic heterocycles. The van der Waals surface area contributed by atoms with E-state index >= 15 is 0 Å². The number of para-hydroxylation sites is 2. The lowest BCUT2D eigenvalue weighted by atomic mass is 10.1. The number of fused-ring (bicyclic) bond motifs is 2. The van der Waals surface area contributed by atoms with E-state index in [1.807, 2.05) is 12.1 Å². The number of hydrogen-bond donors (Lipinski definition) is 2. The Morgan fingerprint density at radius 2 is 1.61 bits per heavy atom. The van der Waals surface area contributed by atoms with E-state index in [-0.39, 0.29) is 36.2 Å². The van der Waals surface area contributed by atoms with Crippen LogP contribution in [-0.2, 0) is 20.9 Å². The van der Waals surface area contributed by atoms with Gasteiger partial charge in [0.15, 0.2) is 5.43 Å². The van der Waals surface area contributed by atoms with Crippen LogP contribution in [0.25, 0.3) is 21.8 Å². The fraction of sp³-hybridized carbons (Fsp3) is 0.304. The number of rotatable bonds is 5. The summed E-state index contributed by atoms with van der Waals surface area (Å²) in [5.74, 6) is -0.819. The predicted molar refractivity (Wildman–Crippen MR) is 118 cm³/mol. The molecule has 1 aliphatic heterocycles. The normalized spacial score (nSPS) is 15.9. The monoisotopic (exact) mass is 420 g/mol. The molecule has 2 aromatic carbocycles. The van der Waals surface area contributed by atoms with Crippen LogP contribution in [0.3, 0.4) is 0 Å². The highest BCUT2D eigenvalue weighted by Gasteiger charge is 2.33. The maximum absolute atomic E-state index is 12.8. The van der Waals surface area contributed by atoms with Crippen LogP contribution < -0.4 is 16.1 Å². The number of benzene rings is 2. The van der Waals surface area contributed by atoms with Crippen molar-refractivity contribution in [1.29, 1.82) is 0 Å². The highest BCUT2D eigenvalue weighted by molar-refractivity contribution is 5.95. The molecule has 1 fully saturated rings. The summed E-state index contributed by atoms with van der Waals surface area (Å²) in [5.41, 5.74) is 1.24. The molecule has 1 saturated heterocycles. The minimum absolute atomic E-state index is 0.0343. The molecular weight excluding hydrogens is 396 g/mol. The Balaban J connectivity index is 1.54. The minimum Gasteiger partial charge on any atom is -0.357 e. The molecule has 2 N–H and O–H groups in total. The van der Waals surface area contributed by atoms with Crippen molar-refractivity contribution in [3.63, 3.8) is 0 Å². The summed E-state index contributed by atoms with van der Waals surface area (Å²) in [7, 11) is 1.55.